The van der Waals surface area contributed by atoms with Gasteiger partial charge >= 0.3 is 0 Å². The molecule has 1 aliphatic carbocycles. The topological polar surface area (TPSA) is 17.1 Å². The molecule has 82 valence electrons. The Kier molecular flexibility index (Phi) is 3.86. The van der Waals surface area contributed by atoms with Crippen molar-refractivity contribution in [2.75, 3.05) is 0 Å². The van der Waals surface area contributed by atoms with Gasteiger partial charge in [-0.1, -0.05) is 37.3 Å². The third-order valence-corrected chi connectivity index (χ3v) is 5.38. The Labute approximate surface area is 107 Å². The van der Waals surface area contributed by atoms with Gasteiger partial charge in [0.2, 0.25) is 0 Å². The standard InChI is InChI=1S/C11H12BrClOS/c12-11-8(13)6-10(15-11)9(14)5-7-3-1-2-4-7/h6-7H,1-5H2. The predicted molar refractivity (Wildman–Crippen MR) is 67.9 cm³/mol. The Morgan fingerprint density at radius 1 is 1.53 bits per heavy atom. The summed E-state index contributed by atoms with van der Waals surface area (Å²) in [5.74, 6) is 0.858. The molecule has 1 aromatic heterocycles. The molecule has 1 fully saturated rings. The monoisotopic (exact) mass is 306 g/mol. The van der Waals surface area contributed by atoms with Crippen molar-refractivity contribution < 1.29 is 4.79 Å². The molecule has 0 aromatic carbocycles. The average molecular weight is 308 g/mol. The summed E-state index contributed by atoms with van der Waals surface area (Å²) in [6.45, 7) is 0. The number of Topliss-reactive ketones (excluding diaryl/α,β-unsaturated/α-hetero) is 1. The molecular formula is C11H12BrClOS. The fourth-order valence-electron chi connectivity index (χ4n) is 2.06. The van der Waals surface area contributed by atoms with Crippen LogP contribution in [0, 0.1) is 5.92 Å². The molecular weight excluding hydrogens is 296 g/mol. The van der Waals surface area contributed by atoms with Gasteiger partial charge in [-0.15, -0.1) is 11.3 Å². The average Bonchev–Trinajstić information content (AvgIpc) is 2.78. The third-order valence-electron chi connectivity index (χ3n) is 2.87. The molecule has 2 rings (SSSR count). The van der Waals surface area contributed by atoms with Crippen molar-refractivity contribution in [3.05, 3.63) is 19.8 Å². The molecule has 1 nitrogen and oxygen atoms in total. The predicted octanol–water partition coefficient (Wildman–Crippen LogP) is 4.93. The van der Waals surface area contributed by atoms with E-state index in [1.54, 1.807) is 6.07 Å². The Balaban J connectivity index is 2.00. The summed E-state index contributed by atoms with van der Waals surface area (Å²) in [6, 6.07) is 1.77. The number of rotatable bonds is 3. The van der Waals surface area contributed by atoms with Crippen LogP contribution in [0.5, 0.6) is 0 Å². The first-order valence-corrected chi connectivity index (χ1v) is 7.13. The van der Waals surface area contributed by atoms with E-state index in [0.717, 1.165) is 8.66 Å². The zero-order valence-corrected chi connectivity index (χ0v) is 11.4. The van der Waals surface area contributed by atoms with Gasteiger partial charge in [0.15, 0.2) is 5.78 Å². The van der Waals surface area contributed by atoms with Gasteiger partial charge in [-0.2, -0.15) is 0 Å². The van der Waals surface area contributed by atoms with Crippen LogP contribution in [0.3, 0.4) is 0 Å². The highest BCUT2D eigenvalue weighted by Gasteiger charge is 2.20. The second-order valence-electron chi connectivity index (χ2n) is 4.01. The van der Waals surface area contributed by atoms with E-state index in [9.17, 15) is 4.79 Å². The number of hydrogen-bond donors (Lipinski definition) is 0. The molecule has 0 amide bonds. The molecule has 0 radical (unpaired) electrons. The van der Waals surface area contributed by atoms with E-state index in [4.69, 9.17) is 11.6 Å². The summed E-state index contributed by atoms with van der Waals surface area (Å²) < 4.78 is 0.860. The molecule has 4 heteroatoms. The number of thiophene rings is 1. The molecule has 0 unspecified atom stereocenters. The maximum Gasteiger partial charge on any atom is 0.173 e. The number of carbonyl (C=O) groups excluding carboxylic acids is 1. The Hall–Kier alpha value is 0.140. The smallest absolute Gasteiger partial charge is 0.173 e. The summed E-state index contributed by atoms with van der Waals surface area (Å²) >= 11 is 10.7. The fourth-order valence-corrected chi connectivity index (χ4v) is 3.71. The largest absolute Gasteiger partial charge is 0.293 e. The minimum atomic E-state index is 0.250. The third kappa shape index (κ3) is 2.83. The highest BCUT2D eigenvalue weighted by Crippen LogP contribution is 2.35. The zero-order chi connectivity index (χ0) is 10.8. The molecule has 0 aliphatic heterocycles. The van der Waals surface area contributed by atoms with E-state index >= 15 is 0 Å². The highest BCUT2D eigenvalue weighted by molar-refractivity contribution is 9.11. The zero-order valence-electron chi connectivity index (χ0n) is 8.26. The Morgan fingerprint density at radius 2 is 2.20 bits per heavy atom. The summed E-state index contributed by atoms with van der Waals surface area (Å²) in [5, 5.41) is 0.648. The molecule has 0 spiro atoms. The summed E-state index contributed by atoms with van der Waals surface area (Å²) in [6.07, 6.45) is 5.70. The summed E-state index contributed by atoms with van der Waals surface area (Å²) in [4.78, 5) is 12.7. The number of hydrogen-bond acceptors (Lipinski definition) is 2. The lowest BCUT2D eigenvalue weighted by atomic mass is 10.0. The first-order chi connectivity index (χ1) is 7.16. The van der Waals surface area contributed by atoms with Crippen LogP contribution in [0.15, 0.2) is 9.85 Å². The van der Waals surface area contributed by atoms with Crippen LogP contribution in [0.4, 0.5) is 0 Å². The van der Waals surface area contributed by atoms with E-state index in [2.05, 4.69) is 15.9 Å². The number of carbonyl (C=O) groups is 1. The Morgan fingerprint density at radius 3 is 2.73 bits per heavy atom. The van der Waals surface area contributed by atoms with E-state index < -0.39 is 0 Å². The van der Waals surface area contributed by atoms with Crippen molar-refractivity contribution >= 4 is 44.7 Å². The molecule has 0 bridgehead atoms. The molecule has 0 saturated heterocycles. The van der Waals surface area contributed by atoms with Gasteiger partial charge in [-0.05, 0) is 27.9 Å². The fraction of sp³-hybridized carbons (Fsp3) is 0.545. The molecule has 1 aliphatic rings. The van der Waals surface area contributed by atoms with Crippen LogP contribution >= 0.6 is 38.9 Å². The van der Waals surface area contributed by atoms with E-state index in [1.807, 2.05) is 0 Å². The molecule has 0 N–H and O–H groups in total. The van der Waals surface area contributed by atoms with Crippen LogP contribution in [0.25, 0.3) is 0 Å². The minimum Gasteiger partial charge on any atom is -0.293 e. The van der Waals surface area contributed by atoms with Crippen LogP contribution in [0.2, 0.25) is 5.02 Å². The first-order valence-electron chi connectivity index (χ1n) is 5.15. The molecule has 0 atom stereocenters. The van der Waals surface area contributed by atoms with Gasteiger partial charge in [-0.3, -0.25) is 4.79 Å². The van der Waals surface area contributed by atoms with Crippen molar-refractivity contribution in [1.82, 2.24) is 0 Å². The SMILES string of the molecule is O=C(CC1CCCC1)c1cc(Cl)c(Br)s1. The van der Waals surface area contributed by atoms with E-state index in [1.165, 1.54) is 37.0 Å². The maximum atomic E-state index is 11.9. The van der Waals surface area contributed by atoms with Gasteiger partial charge in [0.05, 0.1) is 13.7 Å². The van der Waals surface area contributed by atoms with E-state index in [-0.39, 0.29) is 5.78 Å². The van der Waals surface area contributed by atoms with Gasteiger partial charge in [0.25, 0.3) is 0 Å². The lowest BCUT2D eigenvalue weighted by Crippen LogP contribution is -2.03. The molecule has 1 saturated carbocycles. The van der Waals surface area contributed by atoms with Crippen LogP contribution in [-0.4, -0.2) is 5.78 Å². The lowest BCUT2D eigenvalue weighted by molar-refractivity contribution is 0.0966. The number of halogens is 2. The molecule has 1 aromatic rings. The second-order valence-corrected chi connectivity index (χ2v) is 6.79. The van der Waals surface area contributed by atoms with Crippen LogP contribution in [-0.2, 0) is 0 Å². The van der Waals surface area contributed by atoms with Crippen LogP contribution in [0.1, 0.15) is 41.8 Å². The normalized spacial score (nSPS) is 17.2. The van der Waals surface area contributed by atoms with Crippen LogP contribution < -0.4 is 0 Å². The number of ketones is 1. The van der Waals surface area contributed by atoms with Crippen molar-refractivity contribution in [2.24, 2.45) is 5.92 Å². The summed E-state index contributed by atoms with van der Waals surface area (Å²) in [5.41, 5.74) is 0. The lowest BCUT2D eigenvalue weighted by Gasteiger charge is -2.05. The van der Waals surface area contributed by atoms with Gasteiger partial charge in [0, 0.05) is 6.42 Å². The van der Waals surface area contributed by atoms with Gasteiger partial charge in [-0.25, -0.2) is 0 Å². The van der Waals surface area contributed by atoms with E-state index in [0.29, 0.717) is 17.4 Å². The molecule has 1 heterocycles. The first kappa shape index (κ1) is 11.6. The quantitative estimate of drug-likeness (QED) is 0.724. The van der Waals surface area contributed by atoms with Crippen molar-refractivity contribution in [2.45, 2.75) is 32.1 Å². The van der Waals surface area contributed by atoms with Gasteiger partial charge < -0.3 is 0 Å². The van der Waals surface area contributed by atoms with Gasteiger partial charge in [0.1, 0.15) is 0 Å². The Bertz CT molecular complexity index is 349. The maximum absolute atomic E-state index is 11.9. The van der Waals surface area contributed by atoms with Crippen molar-refractivity contribution in [1.29, 1.82) is 0 Å². The summed E-state index contributed by atoms with van der Waals surface area (Å²) in [7, 11) is 0. The minimum absolute atomic E-state index is 0.250. The second kappa shape index (κ2) is 4.98. The molecule has 15 heavy (non-hydrogen) atoms. The van der Waals surface area contributed by atoms with Crippen molar-refractivity contribution in [3.63, 3.8) is 0 Å². The highest BCUT2D eigenvalue weighted by atomic mass is 79.9. The van der Waals surface area contributed by atoms with Crippen molar-refractivity contribution in [3.8, 4) is 0 Å².